The quantitative estimate of drug-likeness (QED) is 0.260. The van der Waals surface area contributed by atoms with E-state index in [0.29, 0.717) is 6.42 Å². The molecule has 0 spiro atoms. The molecule has 0 saturated carbocycles. The van der Waals surface area contributed by atoms with E-state index in [9.17, 15) is 9.46 Å². The second-order valence-corrected chi connectivity index (χ2v) is 9.28. The van der Waals surface area contributed by atoms with Crippen molar-refractivity contribution in [1.82, 2.24) is 0 Å². The molecule has 4 unspecified atom stereocenters. The van der Waals surface area contributed by atoms with Crippen LogP contribution >= 0.6 is 7.82 Å². The van der Waals surface area contributed by atoms with Gasteiger partial charge in [-0.1, -0.05) is 0 Å². The Hall–Kier alpha value is 1.29. The molecule has 2 heterocycles. The molecule has 0 aromatic carbocycles. The molecule has 2 aliphatic rings. The molecule has 2 rings (SSSR count). The smallest absolute Gasteiger partial charge is 0.237 e. The largest absolute Gasteiger partial charge is 0.758 e. The molecule has 0 aromatic heterocycles. The van der Waals surface area contributed by atoms with E-state index in [2.05, 4.69) is 0 Å². The minimum atomic E-state index is -4.68. The molecule has 30 heavy (non-hydrogen) atoms. The first-order valence-electron chi connectivity index (χ1n) is 9.83. The van der Waals surface area contributed by atoms with Gasteiger partial charge in [-0.2, -0.15) is 6.61 Å². The van der Waals surface area contributed by atoms with Crippen LogP contribution in [-0.4, -0.2) is 61.5 Å². The first kappa shape index (κ1) is 31.3. The number of hydrogen-bond acceptors (Lipinski definition) is 9. The Morgan fingerprint density at radius 2 is 1.80 bits per heavy atom. The summed E-state index contributed by atoms with van der Waals surface area (Å²) in [6.45, 7) is 12.5. The van der Waals surface area contributed by atoms with Crippen molar-refractivity contribution in [3.63, 3.8) is 0 Å². The molecule has 12 heteroatoms. The minimum absolute atomic E-state index is 0. The monoisotopic (exact) mass is 791 g/mol. The molecule has 0 aromatic rings. The van der Waals surface area contributed by atoms with E-state index in [1.807, 2.05) is 34.6 Å². The Bertz CT molecular complexity index is 544. The van der Waals surface area contributed by atoms with Crippen molar-refractivity contribution in [3.8, 4) is 0 Å². The fraction of sp³-hybridized carbons (Fsp3) is 0.944. The van der Waals surface area contributed by atoms with Crippen LogP contribution in [-0.2, 0) is 74.7 Å². The number of hydrogen-bond donors (Lipinski definition) is 1. The first-order valence-corrected chi connectivity index (χ1v) is 11.3. The number of rotatable bonds is 10. The molecule has 2 aliphatic heterocycles. The molecule has 2 saturated heterocycles. The van der Waals surface area contributed by atoms with E-state index in [4.69, 9.17) is 33.7 Å². The molecule has 0 aliphatic carbocycles. The van der Waals surface area contributed by atoms with Gasteiger partial charge in [-0.25, -0.2) is 0 Å². The first-order chi connectivity index (χ1) is 13.0. The van der Waals surface area contributed by atoms with Gasteiger partial charge >= 0.3 is 0 Å². The maximum Gasteiger partial charge on any atom is 0.237 e. The summed E-state index contributed by atoms with van der Waals surface area (Å²) < 4.78 is 45.3. The zero-order valence-electron chi connectivity index (χ0n) is 18.3. The van der Waals surface area contributed by atoms with E-state index in [-0.39, 0.29) is 79.3 Å². The zero-order valence-corrected chi connectivity index (χ0v) is 25.1. The summed E-state index contributed by atoms with van der Waals surface area (Å²) in [5, 5.41) is 0. The Kier molecular flexibility index (Phi) is 14.5. The van der Waals surface area contributed by atoms with Gasteiger partial charge < -0.3 is 38.6 Å². The van der Waals surface area contributed by atoms with Crippen molar-refractivity contribution >= 4 is 7.82 Å². The summed E-state index contributed by atoms with van der Waals surface area (Å²) in [6.07, 6.45) is -2.18. The van der Waals surface area contributed by atoms with Crippen molar-refractivity contribution in [3.05, 3.63) is 6.61 Å². The van der Waals surface area contributed by atoms with Gasteiger partial charge in [0.1, 0.15) is 12.2 Å². The molecule has 0 radical (unpaired) electrons. The van der Waals surface area contributed by atoms with Crippen LogP contribution in [0.25, 0.3) is 0 Å². The average Bonchev–Trinajstić information content (AvgIpc) is 3.04. The summed E-state index contributed by atoms with van der Waals surface area (Å²) in [4.78, 5) is 12.4. The topological polar surface area (TPSA) is 122 Å². The third-order valence-electron chi connectivity index (χ3n) is 4.61. The fourth-order valence-electron chi connectivity index (χ4n) is 3.30. The normalized spacial score (nSPS) is 35.9. The van der Waals surface area contributed by atoms with Gasteiger partial charge in [0, 0.05) is 42.1 Å². The van der Waals surface area contributed by atoms with Gasteiger partial charge in [0.15, 0.2) is 0 Å². The van der Waals surface area contributed by atoms with Crippen molar-refractivity contribution in [2.75, 3.05) is 6.61 Å². The molecule has 2 N–H and O–H groups in total. The predicted molar refractivity (Wildman–Crippen MR) is 100 cm³/mol. The molecular weight excluding hydrogens is 757 g/mol. The average molecular weight is 791 g/mol. The van der Waals surface area contributed by atoms with Gasteiger partial charge in [-0.05, 0) is 54.1 Å². The van der Waals surface area contributed by atoms with E-state index in [1.165, 1.54) is 0 Å². The van der Waals surface area contributed by atoms with Crippen molar-refractivity contribution in [1.29, 1.82) is 0 Å². The van der Waals surface area contributed by atoms with Crippen LogP contribution in [0.4, 0.5) is 0 Å². The number of ether oxygens (including phenoxy) is 4. The van der Waals surface area contributed by atoms with Crippen molar-refractivity contribution in [2.45, 2.75) is 103 Å². The van der Waals surface area contributed by atoms with Gasteiger partial charge in [-0.3, -0.25) is 4.57 Å². The van der Waals surface area contributed by atoms with Gasteiger partial charge in [0.05, 0.1) is 43.2 Å². The summed E-state index contributed by atoms with van der Waals surface area (Å²) >= 11 is 0. The van der Waals surface area contributed by atoms with Crippen LogP contribution in [0.15, 0.2) is 0 Å². The second-order valence-electron chi connectivity index (χ2n) is 7.97. The van der Waals surface area contributed by atoms with Crippen LogP contribution in [0, 0.1) is 6.61 Å². The molecule has 0 amide bonds. The standard InChI is InChI=1S/C18H35NO8P.2W/c1-10(2)22-8-16-18(17(19)13(6)26-16)27-28(20,21)23-9-15-14(24-11(3)4)7-12(5)25-15;;/h9-18H,7-8,19H2,1-6H3,(H,20,21);;/q-1;;/p-1/t12-,13-,14?,15+,16+,17?,18?;;/m0../s1. The van der Waals surface area contributed by atoms with Crippen LogP contribution < -0.4 is 10.6 Å². The number of phosphoric acid groups is 1. The van der Waals surface area contributed by atoms with Gasteiger partial charge in [0.2, 0.25) is 7.82 Å². The van der Waals surface area contributed by atoms with Crippen LogP contribution in [0.2, 0.25) is 0 Å². The van der Waals surface area contributed by atoms with Gasteiger partial charge in [0.25, 0.3) is 0 Å². The molecule has 0 bridgehead atoms. The third-order valence-corrected chi connectivity index (χ3v) is 5.49. The minimum Gasteiger partial charge on any atom is -0.758 e. The van der Waals surface area contributed by atoms with E-state index in [0.717, 1.165) is 6.61 Å². The Morgan fingerprint density at radius 3 is 2.37 bits per heavy atom. The fourth-order valence-corrected chi connectivity index (χ4v) is 4.19. The molecule has 9 nitrogen and oxygen atoms in total. The van der Waals surface area contributed by atoms with Crippen molar-refractivity contribution < 1.29 is 79.6 Å². The van der Waals surface area contributed by atoms with Crippen LogP contribution in [0.1, 0.15) is 48.0 Å². The maximum atomic E-state index is 12.4. The van der Waals surface area contributed by atoms with E-state index >= 15 is 0 Å². The summed E-state index contributed by atoms with van der Waals surface area (Å²) in [5.74, 6) is 0. The Balaban J connectivity index is 0.00000420. The summed E-state index contributed by atoms with van der Waals surface area (Å²) in [7, 11) is -4.68. The summed E-state index contributed by atoms with van der Waals surface area (Å²) in [5.41, 5.74) is 6.06. The molecular formula is C18H34NO8PW2-2. The molecule has 2 fully saturated rings. The number of nitrogens with two attached hydrogens (primary N) is 1. The van der Waals surface area contributed by atoms with Gasteiger partial charge in [-0.15, -0.1) is 0 Å². The number of phosphoric ester groups is 1. The molecule has 8 atom stereocenters. The van der Waals surface area contributed by atoms with Crippen LogP contribution in [0.3, 0.4) is 0 Å². The Labute approximate surface area is 208 Å². The van der Waals surface area contributed by atoms with Crippen LogP contribution in [0.5, 0.6) is 0 Å². The van der Waals surface area contributed by atoms with E-state index in [1.54, 1.807) is 6.92 Å². The second kappa shape index (κ2) is 13.9. The van der Waals surface area contributed by atoms with Crippen molar-refractivity contribution in [2.24, 2.45) is 5.73 Å². The third kappa shape index (κ3) is 9.65. The predicted octanol–water partition coefficient (Wildman–Crippen LogP) is 1.52. The SMILES string of the molecule is CC(C)OC[C@H]1O[C@@H](C)C(N)C1OP(=O)([O-])O[CH-][C@H]1O[C@@H](C)CC1OC(C)C.[W].[W]. The summed E-state index contributed by atoms with van der Waals surface area (Å²) in [6, 6.07) is -0.619. The Morgan fingerprint density at radius 1 is 1.17 bits per heavy atom. The van der Waals surface area contributed by atoms with E-state index < -0.39 is 32.2 Å². The maximum absolute atomic E-state index is 12.4. The molecule has 178 valence electrons. The zero-order chi connectivity index (χ0) is 21.1.